The molecule has 240 valence electrons. The van der Waals surface area contributed by atoms with Crippen molar-refractivity contribution >= 4 is 11.9 Å². The van der Waals surface area contributed by atoms with Crippen LogP contribution in [0, 0.1) is 23.3 Å². The number of nitrogens with zero attached hydrogens (tertiary/aromatic N) is 2. The predicted octanol–water partition coefficient (Wildman–Crippen LogP) is 1.84. The molecule has 42 heavy (non-hydrogen) atoms. The lowest BCUT2D eigenvalue weighted by molar-refractivity contribution is -0.282. The quantitative estimate of drug-likeness (QED) is 0.0993. The van der Waals surface area contributed by atoms with Crippen LogP contribution in [-0.4, -0.2) is 105 Å². The van der Waals surface area contributed by atoms with Gasteiger partial charge in [-0.05, 0) is 59.4 Å². The number of carbonyl (C=O) groups excluding carboxylic acids is 1. The molecule has 2 saturated carbocycles. The standard InChI is InChI=1S/C28H49N5O9/c1-15-18(26(35)36)13-20(24-22(15)40-28(5,6)41-24)39-23-17(14-30-10-9-11-31-33-29)12-19(37-7)21(32-16(2)34)25(23)42-27(3,4)38-8/h15,17-25,29-30H,9-14H2,1-8H3,(H-,32,34,35,36)/p+1/t15-,17?,18?,19-,20-,21?,22+,23-,24?,25-/m1/s1. The highest BCUT2D eigenvalue weighted by Gasteiger charge is 2.57. The fraction of sp³-hybridized carbons (Fsp3) is 0.929. The van der Waals surface area contributed by atoms with E-state index in [1.165, 1.54) is 6.92 Å². The Morgan fingerprint density at radius 3 is 2.43 bits per heavy atom. The molecule has 0 bridgehead atoms. The fourth-order valence-corrected chi connectivity index (χ4v) is 6.43. The molecule has 0 aromatic carbocycles. The molecule has 3 rings (SSSR count). The van der Waals surface area contributed by atoms with Crippen LogP contribution in [0.5, 0.6) is 0 Å². The van der Waals surface area contributed by atoms with Crippen molar-refractivity contribution in [3.8, 4) is 0 Å². The number of carbonyl (C=O) groups is 2. The molecule has 14 nitrogen and oxygen atoms in total. The van der Waals surface area contributed by atoms with Crippen molar-refractivity contribution in [2.75, 3.05) is 33.9 Å². The maximum absolute atomic E-state index is 12.4. The zero-order valence-electron chi connectivity index (χ0n) is 26.1. The Bertz CT molecular complexity index is 975. The van der Waals surface area contributed by atoms with Crippen LogP contribution in [0.15, 0.2) is 5.11 Å². The van der Waals surface area contributed by atoms with E-state index in [2.05, 4.69) is 20.7 Å². The van der Waals surface area contributed by atoms with Crippen molar-refractivity contribution in [1.29, 1.82) is 5.53 Å². The lowest BCUT2D eigenvalue weighted by Gasteiger charge is -2.50. The number of methoxy groups -OCH3 is 2. The molecule has 0 aromatic rings. The Labute approximate surface area is 248 Å². The van der Waals surface area contributed by atoms with Gasteiger partial charge in [-0.3, -0.25) is 9.59 Å². The van der Waals surface area contributed by atoms with E-state index in [0.717, 1.165) is 0 Å². The molecule has 0 radical (unpaired) electrons. The van der Waals surface area contributed by atoms with Gasteiger partial charge in [0.25, 0.3) is 0 Å². The average molecular weight is 601 g/mol. The van der Waals surface area contributed by atoms with Crippen molar-refractivity contribution in [3.63, 3.8) is 0 Å². The molecule has 14 heteroatoms. The van der Waals surface area contributed by atoms with Crippen molar-refractivity contribution in [2.24, 2.45) is 22.9 Å². The number of carboxylic acid groups (broad SMARTS) is 1. The number of amides is 1. The first-order valence-electron chi connectivity index (χ1n) is 14.7. The third-order valence-electron chi connectivity index (χ3n) is 8.57. The second kappa shape index (κ2) is 14.6. The van der Waals surface area contributed by atoms with Gasteiger partial charge in [-0.2, -0.15) is 0 Å². The Morgan fingerprint density at radius 2 is 1.83 bits per heavy atom. The lowest BCUT2D eigenvalue weighted by Crippen LogP contribution is -2.66. The Kier molecular flexibility index (Phi) is 12.0. The maximum atomic E-state index is 12.4. The second-order valence-electron chi connectivity index (χ2n) is 12.4. The third kappa shape index (κ3) is 8.54. The first-order valence-corrected chi connectivity index (χ1v) is 14.7. The molecule has 1 heterocycles. The highest BCUT2D eigenvalue weighted by atomic mass is 16.8. The first kappa shape index (κ1) is 34.5. The minimum absolute atomic E-state index is 0.146. The normalized spacial score (nSPS) is 36.1. The summed E-state index contributed by atoms with van der Waals surface area (Å²) >= 11 is 0. The summed E-state index contributed by atoms with van der Waals surface area (Å²) in [5, 5.41) is 20.3. The van der Waals surface area contributed by atoms with Crippen molar-refractivity contribution in [3.05, 3.63) is 0 Å². The topological polar surface area (TPSA) is 184 Å². The van der Waals surface area contributed by atoms with Crippen LogP contribution in [0.25, 0.3) is 0 Å². The van der Waals surface area contributed by atoms with Gasteiger partial charge in [0.05, 0.1) is 36.4 Å². The van der Waals surface area contributed by atoms with Gasteiger partial charge in [-0.1, -0.05) is 6.92 Å². The SMILES string of the molecule is CO[C@@H]1CC(CNCCCN=[N+]=N)[C@@H](O[C@@H]2CC(C(=O)O)[C@@H](C)[C@@H]3OC(C)(C)OC32)[C@H](OC(C)(C)OC)C1NC(C)=O. The minimum Gasteiger partial charge on any atom is -0.481 e. The number of rotatable bonds is 14. The van der Waals surface area contributed by atoms with Crippen LogP contribution in [0.4, 0.5) is 0 Å². The van der Waals surface area contributed by atoms with Gasteiger partial charge in [0, 0.05) is 33.6 Å². The van der Waals surface area contributed by atoms with E-state index in [1.807, 2.05) is 20.8 Å². The molecule has 1 saturated heterocycles. The first-order chi connectivity index (χ1) is 19.7. The van der Waals surface area contributed by atoms with Gasteiger partial charge in [0.1, 0.15) is 29.4 Å². The molecule has 4 N–H and O–H groups in total. The van der Waals surface area contributed by atoms with Crippen molar-refractivity contribution in [1.82, 2.24) is 15.5 Å². The van der Waals surface area contributed by atoms with Gasteiger partial charge >= 0.3 is 5.97 Å². The molecule has 4 unspecified atom stereocenters. The van der Waals surface area contributed by atoms with Gasteiger partial charge in [0.2, 0.25) is 10.8 Å². The van der Waals surface area contributed by atoms with Gasteiger partial charge in [-0.15, -0.1) is 0 Å². The van der Waals surface area contributed by atoms with Gasteiger partial charge in [0.15, 0.2) is 11.6 Å². The van der Waals surface area contributed by atoms with Crippen LogP contribution in [-0.2, 0) is 38.0 Å². The summed E-state index contributed by atoms with van der Waals surface area (Å²) in [5.41, 5.74) is 6.84. The molecule has 1 aliphatic heterocycles. The smallest absolute Gasteiger partial charge is 0.306 e. The number of carboxylic acids is 1. The average Bonchev–Trinajstić information content (AvgIpc) is 3.25. The minimum atomic E-state index is -1.03. The highest BCUT2D eigenvalue weighted by molar-refractivity contribution is 5.73. The fourth-order valence-electron chi connectivity index (χ4n) is 6.43. The summed E-state index contributed by atoms with van der Waals surface area (Å²) in [6, 6.07) is -0.564. The Balaban J connectivity index is 1.99. The van der Waals surface area contributed by atoms with Crippen LogP contribution >= 0.6 is 0 Å². The predicted molar refractivity (Wildman–Crippen MR) is 149 cm³/mol. The van der Waals surface area contributed by atoms with Crippen molar-refractivity contribution in [2.45, 2.75) is 115 Å². The summed E-state index contributed by atoms with van der Waals surface area (Å²) in [6.07, 6.45) is -1.74. The summed E-state index contributed by atoms with van der Waals surface area (Å²) in [5.74, 6) is -4.17. The van der Waals surface area contributed by atoms with E-state index in [4.69, 9.17) is 34.0 Å². The number of fused-ring (bicyclic) bond motifs is 1. The molecule has 3 fully saturated rings. The van der Waals surface area contributed by atoms with Gasteiger partial charge in [-0.25, -0.2) is 0 Å². The molecular formula is C28H50N5O9+. The third-order valence-corrected chi connectivity index (χ3v) is 8.57. The molecule has 2 aliphatic carbocycles. The zero-order valence-corrected chi connectivity index (χ0v) is 26.1. The number of nitrogens with one attached hydrogen (secondary N) is 3. The number of aliphatic carboxylic acids is 1. The monoisotopic (exact) mass is 600 g/mol. The zero-order chi connectivity index (χ0) is 31.2. The van der Waals surface area contributed by atoms with E-state index in [1.54, 1.807) is 28.1 Å². The molecule has 0 aromatic heterocycles. The largest absolute Gasteiger partial charge is 0.481 e. The molecule has 10 atom stereocenters. The van der Waals surface area contributed by atoms with E-state index in [0.29, 0.717) is 32.5 Å². The lowest BCUT2D eigenvalue weighted by atomic mass is 9.74. The summed E-state index contributed by atoms with van der Waals surface area (Å²) < 4.78 is 37.5. The molecule has 0 spiro atoms. The summed E-state index contributed by atoms with van der Waals surface area (Å²) in [4.78, 5) is 27.7. The van der Waals surface area contributed by atoms with Gasteiger partial charge < -0.3 is 44.2 Å². The molecule has 3 aliphatic rings. The van der Waals surface area contributed by atoms with E-state index in [-0.39, 0.29) is 30.3 Å². The Morgan fingerprint density at radius 1 is 1.14 bits per heavy atom. The van der Waals surface area contributed by atoms with Crippen LogP contribution in [0.1, 0.15) is 60.8 Å². The van der Waals surface area contributed by atoms with Crippen molar-refractivity contribution < 1.29 is 43.1 Å². The van der Waals surface area contributed by atoms with Crippen LogP contribution < -0.4 is 15.5 Å². The Hall–Kier alpha value is -2.03. The number of hydrogen-bond donors (Lipinski definition) is 4. The van der Waals surface area contributed by atoms with E-state index >= 15 is 0 Å². The number of ether oxygens (including phenoxy) is 6. The molecular weight excluding hydrogens is 550 g/mol. The van der Waals surface area contributed by atoms with Crippen LogP contribution in [0.2, 0.25) is 0 Å². The maximum Gasteiger partial charge on any atom is 0.306 e. The number of hydrogen-bond acceptors (Lipinski definition) is 11. The summed E-state index contributed by atoms with van der Waals surface area (Å²) in [7, 11) is 3.15. The van der Waals surface area contributed by atoms with E-state index < -0.39 is 60.0 Å². The summed E-state index contributed by atoms with van der Waals surface area (Å²) in [6.45, 7) is 12.2. The van der Waals surface area contributed by atoms with E-state index in [9.17, 15) is 14.7 Å². The highest BCUT2D eigenvalue weighted by Crippen LogP contribution is 2.45. The van der Waals surface area contributed by atoms with Crippen LogP contribution in [0.3, 0.4) is 0 Å². The molecule has 1 amide bonds. The second-order valence-corrected chi connectivity index (χ2v) is 12.4.